The molecule has 1 amide bonds. The number of hydrogen-bond acceptors (Lipinski definition) is 6. The van der Waals surface area contributed by atoms with Crippen molar-refractivity contribution < 1.29 is 27.5 Å². The van der Waals surface area contributed by atoms with Gasteiger partial charge >= 0.3 is 5.97 Å². The highest BCUT2D eigenvalue weighted by Gasteiger charge is 2.17. The van der Waals surface area contributed by atoms with Crippen molar-refractivity contribution >= 4 is 44.9 Å². The van der Waals surface area contributed by atoms with Crippen molar-refractivity contribution in [3.63, 3.8) is 0 Å². The summed E-state index contributed by atoms with van der Waals surface area (Å²) in [5.41, 5.74) is 0.877. The molecule has 166 valence electrons. The summed E-state index contributed by atoms with van der Waals surface area (Å²) in [5.74, 6) is -1.01. The molecule has 10 heteroatoms. The van der Waals surface area contributed by atoms with Crippen LogP contribution in [-0.4, -0.2) is 34.0 Å². The van der Waals surface area contributed by atoms with Gasteiger partial charge in [-0.2, -0.15) is 0 Å². The van der Waals surface area contributed by atoms with Gasteiger partial charge in [0, 0.05) is 5.69 Å². The Morgan fingerprint density at radius 1 is 0.969 bits per heavy atom. The van der Waals surface area contributed by atoms with Gasteiger partial charge in [0.05, 0.1) is 28.3 Å². The van der Waals surface area contributed by atoms with E-state index in [0.29, 0.717) is 5.69 Å². The van der Waals surface area contributed by atoms with Crippen LogP contribution in [0.1, 0.15) is 10.4 Å². The van der Waals surface area contributed by atoms with Crippen molar-refractivity contribution in [3.8, 4) is 5.75 Å². The van der Waals surface area contributed by atoms with Crippen LogP contribution < -0.4 is 14.8 Å². The first kappa shape index (κ1) is 23.1. The number of carbonyl (C=O) groups is 2. The maximum absolute atomic E-state index is 12.5. The standard InChI is InChI=1S/C22H19ClN2O6S/c1-30-22(27)17-9-5-6-10-19(17)24-21(26)14-31-20-12-11-16(13-18(20)23)32(28,29)25-15-7-3-2-4-8-15/h2-13,25H,14H2,1H3,(H,24,26). The number of anilines is 2. The molecule has 0 atom stereocenters. The van der Waals surface area contributed by atoms with Gasteiger partial charge in [-0.25, -0.2) is 13.2 Å². The van der Waals surface area contributed by atoms with Gasteiger partial charge in [0.15, 0.2) is 6.61 Å². The Kier molecular flexibility index (Phi) is 7.34. The Hall–Kier alpha value is -3.56. The zero-order valence-electron chi connectivity index (χ0n) is 16.9. The number of amides is 1. The first-order valence-electron chi connectivity index (χ1n) is 9.27. The van der Waals surface area contributed by atoms with E-state index in [4.69, 9.17) is 16.3 Å². The molecule has 0 saturated heterocycles. The highest BCUT2D eigenvalue weighted by molar-refractivity contribution is 7.92. The topological polar surface area (TPSA) is 111 Å². The summed E-state index contributed by atoms with van der Waals surface area (Å²) in [5, 5.41) is 2.58. The number of rotatable bonds is 8. The number of carbonyl (C=O) groups excluding carboxylic acids is 2. The molecule has 0 saturated carbocycles. The Bertz CT molecular complexity index is 1230. The molecule has 0 fully saturated rings. The lowest BCUT2D eigenvalue weighted by atomic mass is 10.2. The van der Waals surface area contributed by atoms with Crippen molar-refractivity contribution in [3.05, 3.63) is 83.4 Å². The molecule has 0 heterocycles. The molecule has 0 radical (unpaired) electrons. The molecule has 3 rings (SSSR count). The molecular weight excluding hydrogens is 456 g/mol. The summed E-state index contributed by atoms with van der Waals surface area (Å²) in [7, 11) is -2.61. The average molecular weight is 475 g/mol. The third kappa shape index (κ3) is 5.77. The lowest BCUT2D eigenvalue weighted by molar-refractivity contribution is -0.118. The number of nitrogens with one attached hydrogen (secondary N) is 2. The third-order valence-electron chi connectivity index (χ3n) is 4.20. The number of halogens is 1. The Morgan fingerprint density at radius 2 is 1.66 bits per heavy atom. The minimum atomic E-state index is -3.85. The molecule has 2 N–H and O–H groups in total. The fourth-order valence-corrected chi connectivity index (χ4v) is 4.08. The summed E-state index contributed by atoms with van der Waals surface area (Å²) in [6.45, 7) is -0.413. The Morgan fingerprint density at radius 3 is 2.34 bits per heavy atom. The van der Waals surface area contributed by atoms with Crippen LogP contribution in [0.25, 0.3) is 0 Å². The first-order valence-corrected chi connectivity index (χ1v) is 11.1. The molecule has 3 aromatic rings. The van der Waals surface area contributed by atoms with Crippen molar-refractivity contribution in [1.29, 1.82) is 0 Å². The number of sulfonamides is 1. The molecule has 0 unspecified atom stereocenters. The molecule has 0 spiro atoms. The number of esters is 1. The van der Waals surface area contributed by atoms with E-state index in [9.17, 15) is 18.0 Å². The molecule has 32 heavy (non-hydrogen) atoms. The van der Waals surface area contributed by atoms with Gasteiger partial charge in [-0.15, -0.1) is 0 Å². The molecule has 8 nitrogen and oxygen atoms in total. The highest BCUT2D eigenvalue weighted by Crippen LogP contribution is 2.28. The summed E-state index contributed by atoms with van der Waals surface area (Å²) >= 11 is 6.16. The predicted molar refractivity (Wildman–Crippen MR) is 121 cm³/mol. The van der Waals surface area contributed by atoms with Gasteiger partial charge < -0.3 is 14.8 Å². The van der Waals surface area contributed by atoms with E-state index >= 15 is 0 Å². The van der Waals surface area contributed by atoms with E-state index in [2.05, 4.69) is 14.8 Å². The molecule has 0 aliphatic carbocycles. The number of para-hydroxylation sites is 2. The zero-order valence-corrected chi connectivity index (χ0v) is 18.4. The maximum atomic E-state index is 12.5. The fraction of sp³-hybridized carbons (Fsp3) is 0.0909. The van der Waals surface area contributed by atoms with Gasteiger partial charge in [0.25, 0.3) is 15.9 Å². The minimum Gasteiger partial charge on any atom is -0.482 e. The molecule has 0 aromatic heterocycles. The quantitative estimate of drug-likeness (QED) is 0.478. The Balaban J connectivity index is 1.65. The highest BCUT2D eigenvalue weighted by atomic mass is 35.5. The van der Waals surface area contributed by atoms with Crippen LogP contribution in [0.2, 0.25) is 5.02 Å². The number of hydrogen-bond donors (Lipinski definition) is 2. The predicted octanol–water partition coefficient (Wildman–Crippen LogP) is 3.94. The summed E-state index contributed by atoms with van der Waals surface area (Å²) in [6.07, 6.45) is 0. The molecular formula is C22H19ClN2O6S. The molecule has 0 bridgehead atoms. The van der Waals surface area contributed by atoms with Crippen molar-refractivity contribution in [2.45, 2.75) is 4.90 Å². The SMILES string of the molecule is COC(=O)c1ccccc1NC(=O)COc1ccc(S(=O)(=O)Nc2ccccc2)cc1Cl. The third-order valence-corrected chi connectivity index (χ3v) is 5.88. The second-order valence-electron chi connectivity index (χ2n) is 6.44. The van der Waals surface area contributed by atoms with Crippen LogP contribution in [0.4, 0.5) is 11.4 Å². The molecule has 0 aliphatic heterocycles. The van der Waals surface area contributed by atoms with Crippen LogP contribution >= 0.6 is 11.6 Å². The van der Waals surface area contributed by atoms with Crippen LogP contribution in [0.3, 0.4) is 0 Å². The van der Waals surface area contributed by atoms with Crippen LogP contribution in [0, 0.1) is 0 Å². The zero-order chi connectivity index (χ0) is 23.1. The van der Waals surface area contributed by atoms with E-state index < -0.39 is 28.5 Å². The monoisotopic (exact) mass is 474 g/mol. The minimum absolute atomic E-state index is 0.0173. The van der Waals surface area contributed by atoms with Crippen LogP contribution in [0.5, 0.6) is 5.75 Å². The fourth-order valence-electron chi connectivity index (χ4n) is 2.70. The normalized spacial score (nSPS) is 10.8. The van der Waals surface area contributed by atoms with E-state index in [0.717, 1.165) is 0 Å². The van der Waals surface area contributed by atoms with E-state index in [-0.39, 0.29) is 26.9 Å². The second kappa shape index (κ2) is 10.2. The number of ether oxygens (including phenoxy) is 2. The Labute approximate surface area is 190 Å². The lowest BCUT2D eigenvalue weighted by Gasteiger charge is -2.12. The summed E-state index contributed by atoms with van der Waals surface area (Å²) in [6, 6.07) is 18.7. The summed E-state index contributed by atoms with van der Waals surface area (Å²) < 4.78 is 37.6. The van der Waals surface area contributed by atoms with Crippen LogP contribution in [-0.2, 0) is 19.6 Å². The second-order valence-corrected chi connectivity index (χ2v) is 8.53. The van der Waals surface area contributed by atoms with Gasteiger partial charge in [-0.05, 0) is 42.5 Å². The van der Waals surface area contributed by atoms with Gasteiger partial charge in [0.2, 0.25) is 0 Å². The average Bonchev–Trinajstić information content (AvgIpc) is 2.78. The number of benzene rings is 3. The van der Waals surface area contributed by atoms with E-state index in [1.54, 1.807) is 48.5 Å². The van der Waals surface area contributed by atoms with Crippen molar-refractivity contribution in [2.75, 3.05) is 23.8 Å². The van der Waals surface area contributed by atoms with Crippen molar-refractivity contribution in [1.82, 2.24) is 0 Å². The molecule has 3 aromatic carbocycles. The largest absolute Gasteiger partial charge is 0.482 e. The van der Waals surface area contributed by atoms with Gasteiger partial charge in [-0.3, -0.25) is 9.52 Å². The van der Waals surface area contributed by atoms with Gasteiger partial charge in [0.1, 0.15) is 5.75 Å². The van der Waals surface area contributed by atoms with E-state index in [1.165, 1.54) is 31.4 Å². The smallest absolute Gasteiger partial charge is 0.339 e. The number of methoxy groups -OCH3 is 1. The van der Waals surface area contributed by atoms with E-state index in [1.807, 2.05) is 0 Å². The maximum Gasteiger partial charge on any atom is 0.339 e. The van der Waals surface area contributed by atoms with Gasteiger partial charge in [-0.1, -0.05) is 41.9 Å². The summed E-state index contributed by atoms with van der Waals surface area (Å²) in [4.78, 5) is 24.0. The van der Waals surface area contributed by atoms with Crippen molar-refractivity contribution in [2.24, 2.45) is 0 Å². The lowest BCUT2D eigenvalue weighted by Crippen LogP contribution is -2.22. The van der Waals surface area contributed by atoms with Crippen LogP contribution in [0.15, 0.2) is 77.7 Å². The first-order chi connectivity index (χ1) is 15.3. The molecule has 0 aliphatic rings.